The summed E-state index contributed by atoms with van der Waals surface area (Å²) in [6.07, 6.45) is 2.33. The summed E-state index contributed by atoms with van der Waals surface area (Å²) in [7, 11) is -0.832. The lowest BCUT2D eigenvalue weighted by molar-refractivity contribution is 0.0958. The molecule has 3 N–H and O–H groups in total. The fourth-order valence-corrected chi connectivity index (χ4v) is 3.56. The van der Waals surface area contributed by atoms with Gasteiger partial charge in [-0.25, -0.2) is 0 Å². The second-order valence-electron chi connectivity index (χ2n) is 4.37. The number of nitrogens with two attached hydrogens (primary N) is 1. The number of nitrogen functional groups attached to an aromatic ring is 1. The SMILES string of the molecule is CS(=O)CCCNC(=O)c1sc2ccc(Cl)cc2c1N. The number of rotatable bonds is 5. The number of anilines is 1. The van der Waals surface area contributed by atoms with E-state index in [-0.39, 0.29) is 5.91 Å². The molecule has 1 aromatic heterocycles. The summed E-state index contributed by atoms with van der Waals surface area (Å²) in [5.41, 5.74) is 6.47. The van der Waals surface area contributed by atoms with Crippen LogP contribution < -0.4 is 11.1 Å². The fourth-order valence-electron chi connectivity index (χ4n) is 1.82. The molecule has 0 aliphatic rings. The normalized spacial score (nSPS) is 12.5. The zero-order valence-electron chi connectivity index (χ0n) is 10.9. The molecule has 1 unspecified atom stereocenters. The van der Waals surface area contributed by atoms with E-state index in [1.54, 1.807) is 18.4 Å². The molecule has 0 saturated heterocycles. The van der Waals surface area contributed by atoms with Crippen molar-refractivity contribution in [1.82, 2.24) is 5.32 Å². The molecule has 20 heavy (non-hydrogen) atoms. The van der Waals surface area contributed by atoms with Gasteiger partial charge in [-0.15, -0.1) is 11.3 Å². The van der Waals surface area contributed by atoms with Crippen molar-refractivity contribution in [3.05, 3.63) is 28.1 Å². The van der Waals surface area contributed by atoms with E-state index in [0.717, 1.165) is 10.1 Å². The minimum absolute atomic E-state index is 0.193. The maximum absolute atomic E-state index is 12.1. The van der Waals surface area contributed by atoms with E-state index < -0.39 is 10.8 Å². The van der Waals surface area contributed by atoms with E-state index in [0.29, 0.717) is 34.3 Å². The van der Waals surface area contributed by atoms with Crippen LogP contribution in [0.15, 0.2) is 18.2 Å². The third kappa shape index (κ3) is 3.50. The van der Waals surface area contributed by atoms with Gasteiger partial charge in [-0.1, -0.05) is 11.6 Å². The lowest BCUT2D eigenvalue weighted by Gasteiger charge is -2.03. The molecular weight excluding hydrogens is 316 g/mol. The van der Waals surface area contributed by atoms with Gasteiger partial charge in [0.15, 0.2) is 0 Å². The van der Waals surface area contributed by atoms with Gasteiger partial charge in [-0.2, -0.15) is 0 Å². The Morgan fingerprint density at radius 1 is 1.50 bits per heavy atom. The zero-order chi connectivity index (χ0) is 14.7. The fraction of sp³-hybridized carbons (Fsp3) is 0.308. The molecule has 1 atom stereocenters. The summed E-state index contributed by atoms with van der Waals surface area (Å²) in [6, 6.07) is 5.40. The lowest BCUT2D eigenvalue weighted by atomic mass is 10.2. The highest BCUT2D eigenvalue weighted by Gasteiger charge is 2.16. The Hall–Kier alpha value is -1.11. The number of benzene rings is 1. The van der Waals surface area contributed by atoms with E-state index in [4.69, 9.17) is 17.3 Å². The molecule has 1 aromatic carbocycles. The van der Waals surface area contributed by atoms with Crippen LogP contribution in [0, 0.1) is 0 Å². The molecule has 1 amide bonds. The van der Waals surface area contributed by atoms with E-state index in [2.05, 4.69) is 5.32 Å². The molecule has 2 aromatic rings. The van der Waals surface area contributed by atoms with Crippen molar-refractivity contribution in [2.24, 2.45) is 0 Å². The minimum atomic E-state index is -0.832. The molecule has 0 fully saturated rings. The second kappa shape index (κ2) is 6.56. The van der Waals surface area contributed by atoms with Crippen LogP contribution in [0.25, 0.3) is 10.1 Å². The average molecular weight is 331 g/mol. The molecule has 0 aliphatic carbocycles. The van der Waals surface area contributed by atoms with Crippen LogP contribution in [-0.4, -0.2) is 28.7 Å². The van der Waals surface area contributed by atoms with Crippen molar-refractivity contribution in [1.29, 1.82) is 0 Å². The Labute approximate surface area is 128 Å². The van der Waals surface area contributed by atoms with Gasteiger partial charge in [0.1, 0.15) is 4.88 Å². The van der Waals surface area contributed by atoms with Crippen molar-refractivity contribution in [2.75, 3.05) is 24.3 Å². The predicted octanol–water partition coefficient (Wildman–Crippen LogP) is 2.64. The highest BCUT2D eigenvalue weighted by molar-refractivity contribution is 7.84. The molecule has 2 rings (SSSR count). The van der Waals surface area contributed by atoms with Crippen molar-refractivity contribution < 1.29 is 9.00 Å². The Kier molecular flexibility index (Phi) is 5.01. The molecule has 4 nitrogen and oxygen atoms in total. The molecule has 0 aliphatic heterocycles. The van der Waals surface area contributed by atoms with Crippen molar-refractivity contribution in [3.8, 4) is 0 Å². The topological polar surface area (TPSA) is 72.2 Å². The van der Waals surface area contributed by atoms with E-state index in [9.17, 15) is 9.00 Å². The minimum Gasteiger partial charge on any atom is -0.397 e. The number of hydrogen-bond donors (Lipinski definition) is 2. The molecule has 0 radical (unpaired) electrons. The molecule has 0 spiro atoms. The van der Waals surface area contributed by atoms with Crippen LogP contribution in [0.1, 0.15) is 16.1 Å². The van der Waals surface area contributed by atoms with E-state index in [1.807, 2.05) is 6.07 Å². The summed E-state index contributed by atoms with van der Waals surface area (Å²) < 4.78 is 11.9. The monoisotopic (exact) mass is 330 g/mol. The van der Waals surface area contributed by atoms with Crippen molar-refractivity contribution in [3.63, 3.8) is 0 Å². The van der Waals surface area contributed by atoms with Crippen LogP contribution in [0.5, 0.6) is 0 Å². The van der Waals surface area contributed by atoms with Gasteiger partial charge in [-0.05, 0) is 24.6 Å². The number of thiophene rings is 1. The number of fused-ring (bicyclic) bond motifs is 1. The number of halogens is 1. The molecule has 108 valence electrons. The van der Waals surface area contributed by atoms with Gasteiger partial charge in [-0.3, -0.25) is 9.00 Å². The second-order valence-corrected chi connectivity index (χ2v) is 7.42. The first-order valence-electron chi connectivity index (χ1n) is 6.05. The molecule has 1 heterocycles. The Morgan fingerprint density at radius 2 is 2.25 bits per heavy atom. The van der Waals surface area contributed by atoms with Gasteiger partial charge in [0.25, 0.3) is 5.91 Å². The zero-order valence-corrected chi connectivity index (χ0v) is 13.3. The Morgan fingerprint density at radius 3 is 2.95 bits per heavy atom. The standard InChI is InChI=1S/C13H15ClN2O2S2/c1-20(18)6-2-5-16-13(17)12-11(15)9-7-8(14)3-4-10(9)19-12/h3-4,7H,2,5-6,15H2,1H3,(H,16,17). The first-order valence-corrected chi connectivity index (χ1v) is 8.97. The molecular formula is C13H15ClN2O2S2. The summed E-state index contributed by atoms with van der Waals surface area (Å²) in [6.45, 7) is 0.493. The third-order valence-corrected chi connectivity index (χ3v) is 5.07. The summed E-state index contributed by atoms with van der Waals surface area (Å²) in [5.74, 6) is 0.388. The Balaban J connectivity index is 2.10. The smallest absolute Gasteiger partial charge is 0.263 e. The summed E-state index contributed by atoms with van der Waals surface area (Å²) in [5, 5.41) is 4.20. The molecule has 7 heteroatoms. The van der Waals surface area contributed by atoms with Crippen molar-refractivity contribution in [2.45, 2.75) is 6.42 Å². The quantitative estimate of drug-likeness (QED) is 0.828. The summed E-state index contributed by atoms with van der Waals surface area (Å²) >= 11 is 7.28. The third-order valence-electron chi connectivity index (χ3n) is 2.79. The van der Waals surface area contributed by atoms with Gasteiger partial charge < -0.3 is 11.1 Å². The van der Waals surface area contributed by atoms with Gasteiger partial charge in [0.05, 0.1) is 5.69 Å². The van der Waals surface area contributed by atoms with Crippen LogP contribution >= 0.6 is 22.9 Å². The Bertz CT molecular complexity index is 670. The highest BCUT2D eigenvalue weighted by Crippen LogP contribution is 2.35. The van der Waals surface area contributed by atoms with Crippen LogP contribution in [-0.2, 0) is 10.8 Å². The van der Waals surface area contributed by atoms with Crippen LogP contribution in [0.3, 0.4) is 0 Å². The number of amides is 1. The van der Waals surface area contributed by atoms with E-state index in [1.165, 1.54) is 11.3 Å². The van der Waals surface area contributed by atoms with Crippen LogP contribution in [0.4, 0.5) is 5.69 Å². The van der Waals surface area contributed by atoms with Gasteiger partial charge in [0.2, 0.25) is 0 Å². The number of carbonyl (C=O) groups excluding carboxylic acids is 1. The number of nitrogens with one attached hydrogen (secondary N) is 1. The largest absolute Gasteiger partial charge is 0.397 e. The summed E-state index contributed by atoms with van der Waals surface area (Å²) in [4.78, 5) is 12.6. The van der Waals surface area contributed by atoms with Crippen LogP contribution in [0.2, 0.25) is 5.02 Å². The molecule has 0 saturated carbocycles. The first-order chi connectivity index (χ1) is 9.49. The van der Waals surface area contributed by atoms with Crippen molar-refractivity contribution >= 4 is 55.4 Å². The molecule has 0 bridgehead atoms. The number of hydrogen-bond acceptors (Lipinski definition) is 4. The first kappa shape index (κ1) is 15.3. The maximum atomic E-state index is 12.1. The highest BCUT2D eigenvalue weighted by atomic mass is 35.5. The van der Waals surface area contributed by atoms with Gasteiger partial charge in [0, 0.05) is 44.5 Å². The lowest BCUT2D eigenvalue weighted by Crippen LogP contribution is -2.25. The predicted molar refractivity (Wildman–Crippen MR) is 87.1 cm³/mol. The average Bonchev–Trinajstić information content (AvgIpc) is 2.72. The van der Waals surface area contributed by atoms with Gasteiger partial charge >= 0.3 is 0 Å². The van der Waals surface area contributed by atoms with E-state index >= 15 is 0 Å². The maximum Gasteiger partial charge on any atom is 0.263 e. The number of carbonyl (C=O) groups is 1.